The first kappa shape index (κ1) is 13.2. The van der Waals surface area contributed by atoms with Gasteiger partial charge in [-0.25, -0.2) is 9.18 Å². The molecular formula is C11H14FNO4. The molecule has 0 amide bonds. The highest BCUT2D eigenvalue weighted by molar-refractivity contribution is 5.90. The lowest BCUT2D eigenvalue weighted by molar-refractivity contribution is 0.0599. The molecule has 0 saturated carbocycles. The van der Waals surface area contributed by atoms with Crippen LogP contribution in [-0.2, 0) is 9.47 Å². The number of ether oxygens (including phenoxy) is 3. The summed E-state index contributed by atoms with van der Waals surface area (Å²) in [4.78, 5) is 11.2. The van der Waals surface area contributed by atoms with E-state index in [9.17, 15) is 9.18 Å². The first-order valence-electron chi connectivity index (χ1n) is 4.89. The van der Waals surface area contributed by atoms with E-state index >= 15 is 0 Å². The van der Waals surface area contributed by atoms with Crippen LogP contribution >= 0.6 is 0 Å². The molecule has 5 nitrogen and oxygen atoms in total. The van der Waals surface area contributed by atoms with Crippen LogP contribution in [0.3, 0.4) is 0 Å². The Morgan fingerprint density at radius 2 is 2.06 bits per heavy atom. The molecule has 0 radical (unpaired) electrons. The lowest BCUT2D eigenvalue weighted by atomic mass is 10.2. The van der Waals surface area contributed by atoms with Gasteiger partial charge >= 0.3 is 5.97 Å². The molecule has 0 aromatic heterocycles. The summed E-state index contributed by atoms with van der Waals surface area (Å²) in [7, 11) is 2.72. The van der Waals surface area contributed by atoms with Gasteiger partial charge in [-0.1, -0.05) is 0 Å². The first-order valence-corrected chi connectivity index (χ1v) is 4.89. The Labute approximate surface area is 98.3 Å². The van der Waals surface area contributed by atoms with E-state index in [1.807, 2.05) is 0 Å². The lowest BCUT2D eigenvalue weighted by Crippen LogP contribution is -2.09. The highest BCUT2D eigenvalue weighted by Crippen LogP contribution is 2.26. The van der Waals surface area contributed by atoms with E-state index in [4.69, 9.17) is 15.2 Å². The van der Waals surface area contributed by atoms with E-state index in [0.29, 0.717) is 6.61 Å². The van der Waals surface area contributed by atoms with Crippen molar-refractivity contribution in [2.45, 2.75) is 0 Å². The molecule has 0 aliphatic heterocycles. The van der Waals surface area contributed by atoms with Crippen LogP contribution in [0.1, 0.15) is 10.4 Å². The van der Waals surface area contributed by atoms with Crippen molar-refractivity contribution >= 4 is 11.7 Å². The molecule has 0 saturated heterocycles. The van der Waals surface area contributed by atoms with Gasteiger partial charge in [-0.3, -0.25) is 0 Å². The summed E-state index contributed by atoms with van der Waals surface area (Å²) in [6.45, 7) is 0.550. The second-order valence-corrected chi connectivity index (χ2v) is 3.20. The maximum absolute atomic E-state index is 13.4. The largest absolute Gasteiger partial charge is 0.489 e. The Hall–Kier alpha value is -1.82. The molecule has 0 aliphatic rings. The fourth-order valence-corrected chi connectivity index (χ4v) is 1.18. The zero-order valence-electron chi connectivity index (χ0n) is 9.66. The van der Waals surface area contributed by atoms with Crippen LogP contribution in [0.2, 0.25) is 0 Å². The third-order valence-electron chi connectivity index (χ3n) is 2.06. The van der Waals surface area contributed by atoms with Gasteiger partial charge in [-0.2, -0.15) is 0 Å². The number of carbonyl (C=O) groups excluding carboxylic acids is 1. The van der Waals surface area contributed by atoms with Gasteiger partial charge in [0.2, 0.25) is 0 Å². The molecule has 0 aliphatic carbocycles. The fourth-order valence-electron chi connectivity index (χ4n) is 1.18. The minimum atomic E-state index is -0.722. The van der Waals surface area contributed by atoms with E-state index in [-0.39, 0.29) is 23.6 Å². The first-order chi connectivity index (χ1) is 8.10. The molecule has 0 unspecified atom stereocenters. The zero-order chi connectivity index (χ0) is 12.8. The Kier molecular flexibility index (Phi) is 4.71. The van der Waals surface area contributed by atoms with E-state index in [1.165, 1.54) is 20.3 Å². The number of hydrogen-bond acceptors (Lipinski definition) is 5. The minimum absolute atomic E-state index is 0.0478. The number of anilines is 1. The zero-order valence-corrected chi connectivity index (χ0v) is 9.66. The summed E-state index contributed by atoms with van der Waals surface area (Å²) in [6, 6.07) is 2.34. The Morgan fingerprint density at radius 3 is 2.65 bits per heavy atom. The van der Waals surface area contributed by atoms with Gasteiger partial charge < -0.3 is 19.9 Å². The molecule has 6 heteroatoms. The van der Waals surface area contributed by atoms with E-state index in [0.717, 1.165) is 6.07 Å². The average molecular weight is 243 g/mol. The number of benzene rings is 1. The van der Waals surface area contributed by atoms with Gasteiger partial charge in [-0.15, -0.1) is 0 Å². The highest BCUT2D eigenvalue weighted by atomic mass is 19.1. The number of carbonyl (C=O) groups is 1. The summed E-state index contributed by atoms with van der Waals surface area (Å²) < 4.78 is 27.9. The standard InChI is InChI=1S/C11H14FNO4/c1-15-3-4-17-9-6-7(11(14)16-2)5-8(12)10(9)13/h5-6H,3-4,13H2,1-2H3. The topological polar surface area (TPSA) is 70.8 Å². The van der Waals surface area contributed by atoms with Gasteiger partial charge in [0.05, 0.1) is 19.3 Å². The third kappa shape index (κ3) is 3.32. The lowest BCUT2D eigenvalue weighted by Gasteiger charge is -2.10. The molecule has 0 fully saturated rings. The predicted octanol–water partition coefficient (Wildman–Crippen LogP) is 1.22. The third-order valence-corrected chi connectivity index (χ3v) is 2.06. The van der Waals surface area contributed by atoms with Crippen LogP contribution in [0.25, 0.3) is 0 Å². The molecule has 0 spiro atoms. The van der Waals surface area contributed by atoms with Gasteiger partial charge in [0.25, 0.3) is 0 Å². The molecule has 94 valence electrons. The van der Waals surface area contributed by atoms with Crippen molar-refractivity contribution in [2.24, 2.45) is 0 Å². The molecule has 0 atom stereocenters. The van der Waals surface area contributed by atoms with Gasteiger partial charge in [-0.05, 0) is 12.1 Å². The summed E-state index contributed by atoms with van der Waals surface area (Å²) >= 11 is 0. The monoisotopic (exact) mass is 243 g/mol. The second-order valence-electron chi connectivity index (χ2n) is 3.20. The van der Waals surface area contributed by atoms with Crippen LogP contribution in [0.15, 0.2) is 12.1 Å². The van der Waals surface area contributed by atoms with Gasteiger partial charge in [0, 0.05) is 7.11 Å². The molecule has 1 rings (SSSR count). The molecule has 0 bridgehead atoms. The number of esters is 1. The molecule has 1 aromatic carbocycles. The number of methoxy groups -OCH3 is 2. The van der Waals surface area contributed by atoms with E-state index in [2.05, 4.69) is 4.74 Å². The van der Waals surface area contributed by atoms with Crippen molar-refractivity contribution in [3.8, 4) is 5.75 Å². The van der Waals surface area contributed by atoms with Crippen molar-refractivity contribution in [1.82, 2.24) is 0 Å². The predicted molar refractivity (Wildman–Crippen MR) is 59.5 cm³/mol. The molecule has 0 heterocycles. The SMILES string of the molecule is COCCOc1cc(C(=O)OC)cc(F)c1N. The average Bonchev–Trinajstić information content (AvgIpc) is 2.33. The summed E-state index contributed by atoms with van der Waals surface area (Å²) in [5.41, 5.74) is 5.39. The van der Waals surface area contributed by atoms with Crippen molar-refractivity contribution in [2.75, 3.05) is 33.2 Å². The number of hydrogen-bond donors (Lipinski definition) is 1. The van der Waals surface area contributed by atoms with Crippen LogP contribution in [0.4, 0.5) is 10.1 Å². The number of nitrogen functional groups attached to an aromatic ring is 1. The van der Waals surface area contributed by atoms with E-state index in [1.54, 1.807) is 0 Å². The molecule has 1 aromatic rings. The van der Waals surface area contributed by atoms with Crippen molar-refractivity contribution in [1.29, 1.82) is 0 Å². The maximum Gasteiger partial charge on any atom is 0.338 e. The number of rotatable bonds is 5. The van der Waals surface area contributed by atoms with Crippen LogP contribution in [-0.4, -0.2) is 33.4 Å². The Balaban J connectivity index is 2.94. The van der Waals surface area contributed by atoms with Crippen molar-refractivity contribution in [3.05, 3.63) is 23.5 Å². The summed E-state index contributed by atoms with van der Waals surface area (Å²) in [5, 5.41) is 0. The minimum Gasteiger partial charge on any atom is -0.489 e. The van der Waals surface area contributed by atoms with Gasteiger partial charge in [0.15, 0.2) is 5.82 Å². The molecule has 2 N–H and O–H groups in total. The van der Waals surface area contributed by atoms with Crippen LogP contribution in [0.5, 0.6) is 5.75 Å². The fraction of sp³-hybridized carbons (Fsp3) is 0.364. The maximum atomic E-state index is 13.4. The van der Waals surface area contributed by atoms with Crippen LogP contribution in [0, 0.1) is 5.82 Å². The number of nitrogens with two attached hydrogens (primary N) is 1. The van der Waals surface area contributed by atoms with E-state index < -0.39 is 11.8 Å². The molecule has 17 heavy (non-hydrogen) atoms. The summed E-state index contributed by atoms with van der Waals surface area (Å²) in [6.07, 6.45) is 0. The Bertz CT molecular complexity index is 409. The normalized spacial score (nSPS) is 10.1. The smallest absolute Gasteiger partial charge is 0.338 e. The van der Waals surface area contributed by atoms with Crippen molar-refractivity contribution in [3.63, 3.8) is 0 Å². The van der Waals surface area contributed by atoms with Crippen LogP contribution < -0.4 is 10.5 Å². The second kappa shape index (κ2) is 6.05. The highest BCUT2D eigenvalue weighted by Gasteiger charge is 2.14. The Morgan fingerprint density at radius 1 is 1.35 bits per heavy atom. The van der Waals surface area contributed by atoms with Crippen molar-refractivity contribution < 1.29 is 23.4 Å². The quantitative estimate of drug-likeness (QED) is 0.478. The van der Waals surface area contributed by atoms with Gasteiger partial charge in [0.1, 0.15) is 18.0 Å². The summed E-state index contributed by atoms with van der Waals surface area (Å²) in [5.74, 6) is -1.27. The number of halogens is 1. The molecular weight excluding hydrogens is 229 g/mol.